The number of carbonyl (C=O) groups is 1. The number of piperidine rings is 1. The standard InChI is InChI=1S/C20H22N2O2S/c23-19(22-12-14-3-1-2-4-15(14)13-22)18-11-16-17(25-18)5-10-24-20(16)6-8-21-9-7-20/h1-4,11,21H,5-10,12-13H2. The molecule has 4 nitrogen and oxygen atoms in total. The number of nitrogens with zero attached hydrogens (tertiary/aromatic N) is 1. The van der Waals surface area contributed by atoms with E-state index < -0.39 is 0 Å². The second-order valence-corrected chi connectivity index (χ2v) is 8.36. The van der Waals surface area contributed by atoms with Gasteiger partial charge in [0.1, 0.15) is 0 Å². The van der Waals surface area contributed by atoms with Gasteiger partial charge >= 0.3 is 0 Å². The largest absolute Gasteiger partial charge is 0.370 e. The summed E-state index contributed by atoms with van der Waals surface area (Å²) in [5, 5.41) is 3.42. The van der Waals surface area contributed by atoms with Crippen LogP contribution in [0.2, 0.25) is 0 Å². The maximum absolute atomic E-state index is 13.1. The van der Waals surface area contributed by atoms with Gasteiger partial charge in [-0.1, -0.05) is 24.3 Å². The first-order chi connectivity index (χ1) is 12.3. The number of thiophene rings is 1. The number of ether oxygens (including phenoxy) is 1. The number of carbonyl (C=O) groups excluding carboxylic acids is 1. The van der Waals surface area contributed by atoms with E-state index >= 15 is 0 Å². The van der Waals surface area contributed by atoms with Crippen LogP contribution in [0.3, 0.4) is 0 Å². The molecule has 0 saturated carbocycles. The van der Waals surface area contributed by atoms with Crippen LogP contribution in [0.15, 0.2) is 30.3 Å². The fourth-order valence-corrected chi connectivity index (χ4v) is 5.60. The molecule has 1 amide bonds. The average molecular weight is 354 g/mol. The first-order valence-electron chi connectivity index (χ1n) is 9.09. The van der Waals surface area contributed by atoms with Gasteiger partial charge < -0.3 is 15.0 Å². The van der Waals surface area contributed by atoms with Crippen molar-refractivity contribution in [3.63, 3.8) is 0 Å². The Bertz CT molecular complexity index is 798. The highest BCUT2D eigenvalue weighted by Gasteiger charge is 2.41. The number of benzene rings is 1. The summed E-state index contributed by atoms with van der Waals surface area (Å²) in [7, 11) is 0. The maximum atomic E-state index is 13.1. The van der Waals surface area contributed by atoms with Crippen LogP contribution in [0.4, 0.5) is 0 Å². The van der Waals surface area contributed by atoms with E-state index in [9.17, 15) is 4.79 Å². The zero-order valence-electron chi connectivity index (χ0n) is 14.2. The molecule has 3 aliphatic rings. The van der Waals surface area contributed by atoms with E-state index in [1.54, 1.807) is 11.3 Å². The van der Waals surface area contributed by atoms with Crippen molar-refractivity contribution in [1.29, 1.82) is 0 Å². The van der Waals surface area contributed by atoms with Gasteiger partial charge in [-0.2, -0.15) is 0 Å². The molecule has 2 aromatic rings. The van der Waals surface area contributed by atoms with Gasteiger partial charge in [-0.3, -0.25) is 4.79 Å². The molecule has 1 fully saturated rings. The normalized spacial score (nSPS) is 21.2. The summed E-state index contributed by atoms with van der Waals surface area (Å²) >= 11 is 1.69. The highest BCUT2D eigenvalue weighted by Crippen LogP contribution is 2.44. The second-order valence-electron chi connectivity index (χ2n) is 7.22. The third-order valence-corrected chi connectivity index (χ3v) is 6.94. The summed E-state index contributed by atoms with van der Waals surface area (Å²) in [6.07, 6.45) is 2.93. The summed E-state index contributed by atoms with van der Waals surface area (Å²) < 4.78 is 6.24. The lowest BCUT2D eigenvalue weighted by molar-refractivity contribution is -0.0792. The topological polar surface area (TPSA) is 41.6 Å². The molecule has 0 radical (unpaired) electrons. The van der Waals surface area contributed by atoms with Crippen LogP contribution in [0.25, 0.3) is 0 Å². The van der Waals surface area contributed by atoms with Crippen molar-refractivity contribution in [2.24, 2.45) is 0 Å². The molecular weight excluding hydrogens is 332 g/mol. The van der Waals surface area contributed by atoms with Gasteiger partial charge in [0.2, 0.25) is 0 Å². The Morgan fingerprint density at radius 2 is 1.88 bits per heavy atom. The van der Waals surface area contributed by atoms with Gasteiger partial charge in [-0.25, -0.2) is 0 Å². The minimum atomic E-state index is -0.165. The third kappa shape index (κ3) is 2.53. The van der Waals surface area contributed by atoms with Crippen molar-refractivity contribution < 1.29 is 9.53 Å². The fraction of sp³-hybridized carbons (Fsp3) is 0.450. The van der Waals surface area contributed by atoms with Crippen molar-refractivity contribution in [2.45, 2.75) is 38.0 Å². The van der Waals surface area contributed by atoms with E-state index in [0.29, 0.717) is 0 Å². The number of rotatable bonds is 1. The summed E-state index contributed by atoms with van der Waals surface area (Å²) in [5.74, 6) is 0.166. The summed E-state index contributed by atoms with van der Waals surface area (Å²) in [4.78, 5) is 17.3. The quantitative estimate of drug-likeness (QED) is 0.856. The Morgan fingerprint density at radius 3 is 2.60 bits per heavy atom. The smallest absolute Gasteiger partial charge is 0.264 e. The van der Waals surface area contributed by atoms with E-state index in [-0.39, 0.29) is 11.5 Å². The van der Waals surface area contributed by atoms with E-state index in [1.165, 1.54) is 21.6 Å². The molecule has 1 spiro atoms. The van der Waals surface area contributed by atoms with Crippen LogP contribution in [0.5, 0.6) is 0 Å². The summed E-state index contributed by atoms with van der Waals surface area (Å²) in [6.45, 7) is 4.20. The van der Waals surface area contributed by atoms with Crippen LogP contribution in [0.1, 0.15) is 44.1 Å². The van der Waals surface area contributed by atoms with Gasteiger partial charge in [0.25, 0.3) is 5.91 Å². The summed E-state index contributed by atoms with van der Waals surface area (Å²) in [5.41, 5.74) is 3.66. The van der Waals surface area contributed by atoms with E-state index in [2.05, 4.69) is 35.6 Å². The summed E-state index contributed by atoms with van der Waals surface area (Å²) in [6, 6.07) is 10.5. The van der Waals surface area contributed by atoms with Gasteiger partial charge in [0.05, 0.1) is 17.1 Å². The Balaban J connectivity index is 1.43. The predicted molar refractivity (Wildman–Crippen MR) is 97.8 cm³/mol. The van der Waals surface area contributed by atoms with Crippen LogP contribution in [0, 0.1) is 0 Å². The molecule has 3 aliphatic heterocycles. The first-order valence-corrected chi connectivity index (χ1v) is 9.91. The SMILES string of the molecule is O=C(c1cc2c(s1)CCOC21CCNCC1)N1Cc2ccccc2C1. The molecule has 0 bridgehead atoms. The molecule has 25 heavy (non-hydrogen) atoms. The van der Waals surface area contributed by atoms with Gasteiger partial charge in [-0.15, -0.1) is 11.3 Å². The molecule has 0 unspecified atom stereocenters. The average Bonchev–Trinajstić information content (AvgIpc) is 3.27. The third-order valence-electron chi connectivity index (χ3n) is 5.76. The molecule has 0 atom stereocenters. The maximum Gasteiger partial charge on any atom is 0.264 e. The predicted octanol–water partition coefficient (Wildman–Crippen LogP) is 3.06. The lowest BCUT2D eigenvalue weighted by Gasteiger charge is -2.40. The zero-order chi connectivity index (χ0) is 16.9. The van der Waals surface area contributed by atoms with E-state index in [4.69, 9.17) is 4.74 Å². The van der Waals surface area contributed by atoms with Crippen molar-refractivity contribution in [3.05, 3.63) is 56.8 Å². The van der Waals surface area contributed by atoms with Gasteiger partial charge in [0.15, 0.2) is 0 Å². The van der Waals surface area contributed by atoms with Crippen molar-refractivity contribution in [3.8, 4) is 0 Å². The molecular formula is C20H22N2O2S. The lowest BCUT2D eigenvalue weighted by atomic mass is 9.83. The van der Waals surface area contributed by atoms with E-state index in [1.807, 2.05) is 4.90 Å². The van der Waals surface area contributed by atoms with Crippen LogP contribution < -0.4 is 5.32 Å². The van der Waals surface area contributed by atoms with Crippen LogP contribution in [-0.2, 0) is 29.8 Å². The fourth-order valence-electron chi connectivity index (χ4n) is 4.40. The Morgan fingerprint density at radius 1 is 1.16 bits per heavy atom. The molecule has 1 saturated heterocycles. The van der Waals surface area contributed by atoms with Crippen molar-refractivity contribution in [2.75, 3.05) is 19.7 Å². The Labute approximate surface area is 151 Å². The second kappa shape index (κ2) is 5.94. The number of hydrogen-bond donors (Lipinski definition) is 1. The van der Waals surface area contributed by atoms with Crippen LogP contribution >= 0.6 is 11.3 Å². The number of amides is 1. The molecule has 1 aromatic heterocycles. The minimum absolute atomic E-state index is 0.165. The monoisotopic (exact) mass is 354 g/mol. The minimum Gasteiger partial charge on any atom is -0.370 e. The molecule has 0 aliphatic carbocycles. The number of fused-ring (bicyclic) bond motifs is 3. The zero-order valence-corrected chi connectivity index (χ0v) is 15.0. The van der Waals surface area contributed by atoms with Crippen LogP contribution in [-0.4, -0.2) is 30.5 Å². The van der Waals surface area contributed by atoms with Gasteiger partial charge in [0, 0.05) is 24.4 Å². The van der Waals surface area contributed by atoms with Crippen molar-refractivity contribution >= 4 is 17.2 Å². The first kappa shape index (κ1) is 15.6. The number of nitrogens with one attached hydrogen (secondary N) is 1. The van der Waals surface area contributed by atoms with Gasteiger partial charge in [-0.05, 0) is 48.7 Å². The molecule has 130 valence electrons. The molecule has 5 rings (SSSR count). The lowest BCUT2D eigenvalue weighted by Crippen LogP contribution is -2.44. The van der Waals surface area contributed by atoms with E-state index in [0.717, 1.165) is 56.9 Å². The molecule has 1 N–H and O–H groups in total. The van der Waals surface area contributed by atoms with Crippen molar-refractivity contribution in [1.82, 2.24) is 10.2 Å². The Hall–Kier alpha value is -1.69. The Kier molecular flexibility index (Phi) is 3.69. The molecule has 5 heteroatoms. The number of hydrogen-bond acceptors (Lipinski definition) is 4. The highest BCUT2D eigenvalue weighted by atomic mass is 32.1. The molecule has 1 aromatic carbocycles. The molecule has 4 heterocycles. The highest BCUT2D eigenvalue weighted by molar-refractivity contribution is 7.14.